The molecule has 0 spiro atoms. The van der Waals surface area contributed by atoms with Crippen molar-refractivity contribution in [2.24, 2.45) is 26.2 Å². The molecule has 0 aliphatic heterocycles. The highest BCUT2D eigenvalue weighted by molar-refractivity contribution is 6.33. The number of phenols is 2. The van der Waals surface area contributed by atoms with Gasteiger partial charge in [-0.25, -0.2) is 0 Å². The molecule has 0 fully saturated rings. The Morgan fingerprint density at radius 3 is 1.80 bits per heavy atom. The van der Waals surface area contributed by atoms with E-state index in [1.54, 1.807) is 103 Å². The summed E-state index contributed by atoms with van der Waals surface area (Å²) in [5.74, 6) is -0.694. The van der Waals surface area contributed by atoms with Crippen LogP contribution in [0.25, 0.3) is 44.5 Å². The molecule has 1 unspecified atom stereocenters. The SMILES string of the molecule is NC(=O)c1cc2ccccc2c(N=Nc2ccc(-c3nnc(-c4ccc(N=Nc5c(O)c(CC(NO)ONc6ccccc6Cl)cc6ccccc56)cc4)o3)cc2)c1O. The van der Waals surface area contributed by atoms with Gasteiger partial charge in [-0.3, -0.25) is 15.1 Å². The highest BCUT2D eigenvalue weighted by Crippen LogP contribution is 2.41. The first-order valence-electron chi connectivity index (χ1n) is 18.0. The number of aromatic nitrogens is 2. The largest absolute Gasteiger partial charge is 0.505 e. The Morgan fingerprint density at radius 2 is 1.24 bits per heavy atom. The third-order valence-electron chi connectivity index (χ3n) is 9.25. The molecule has 8 rings (SSSR count). The number of para-hydroxylation sites is 1. The van der Waals surface area contributed by atoms with Crippen molar-refractivity contribution in [3.8, 4) is 34.4 Å². The lowest BCUT2D eigenvalue weighted by atomic mass is 10.0. The number of aromatic hydroxyl groups is 2. The number of hydrogen-bond donors (Lipinski definition) is 6. The number of primary amides is 1. The summed E-state index contributed by atoms with van der Waals surface area (Å²) in [6.45, 7) is 0. The van der Waals surface area contributed by atoms with Gasteiger partial charge in [0.2, 0.25) is 11.8 Å². The van der Waals surface area contributed by atoms with Gasteiger partial charge >= 0.3 is 0 Å². The molecule has 59 heavy (non-hydrogen) atoms. The molecule has 0 radical (unpaired) electrons. The molecule has 0 aliphatic rings. The normalized spacial score (nSPS) is 12.2. The molecule has 16 heteroatoms. The Labute approximate surface area is 340 Å². The lowest BCUT2D eigenvalue weighted by Crippen LogP contribution is -2.33. The van der Waals surface area contributed by atoms with Crippen LogP contribution in [0.1, 0.15) is 15.9 Å². The number of hydroxylamine groups is 1. The second kappa shape index (κ2) is 16.9. The molecule has 0 bridgehead atoms. The highest BCUT2D eigenvalue weighted by atomic mass is 35.5. The van der Waals surface area contributed by atoms with Crippen LogP contribution in [0, 0.1) is 0 Å². The topological polar surface area (TPSA) is 225 Å². The van der Waals surface area contributed by atoms with Crippen LogP contribution < -0.4 is 16.7 Å². The number of phenolic OH excluding ortho intramolecular Hbond substituents is 1. The van der Waals surface area contributed by atoms with E-state index in [0.717, 1.165) is 5.39 Å². The van der Waals surface area contributed by atoms with Crippen LogP contribution >= 0.6 is 11.6 Å². The maximum absolute atomic E-state index is 11.9. The summed E-state index contributed by atoms with van der Waals surface area (Å²) in [5, 5.41) is 60.9. The van der Waals surface area contributed by atoms with Gasteiger partial charge in [0.1, 0.15) is 17.1 Å². The first-order valence-corrected chi connectivity index (χ1v) is 18.4. The van der Waals surface area contributed by atoms with Gasteiger partial charge in [0, 0.05) is 33.9 Å². The van der Waals surface area contributed by atoms with E-state index in [1.807, 2.05) is 24.3 Å². The number of nitrogens with zero attached hydrogens (tertiary/aromatic N) is 6. The quantitative estimate of drug-likeness (QED) is 0.0367. The molecule has 292 valence electrons. The molecule has 1 heterocycles. The van der Waals surface area contributed by atoms with E-state index >= 15 is 0 Å². The zero-order chi connectivity index (χ0) is 40.9. The van der Waals surface area contributed by atoms with Crippen LogP contribution in [0.4, 0.5) is 28.4 Å². The van der Waals surface area contributed by atoms with Crippen LogP contribution in [0.5, 0.6) is 11.5 Å². The molecule has 1 aromatic heterocycles. The summed E-state index contributed by atoms with van der Waals surface area (Å²) in [6.07, 6.45) is -0.907. The van der Waals surface area contributed by atoms with Crippen molar-refractivity contribution in [1.29, 1.82) is 0 Å². The zero-order valence-corrected chi connectivity index (χ0v) is 31.4. The predicted octanol–water partition coefficient (Wildman–Crippen LogP) is 10.6. The number of halogens is 1. The third-order valence-corrected chi connectivity index (χ3v) is 9.58. The number of amides is 1. The van der Waals surface area contributed by atoms with E-state index < -0.39 is 12.1 Å². The van der Waals surface area contributed by atoms with Gasteiger partial charge in [0.15, 0.2) is 12.0 Å². The van der Waals surface area contributed by atoms with Crippen molar-refractivity contribution in [2.45, 2.75) is 12.6 Å². The van der Waals surface area contributed by atoms with Gasteiger partial charge in [-0.2, -0.15) is 15.7 Å². The van der Waals surface area contributed by atoms with Crippen LogP contribution in [-0.4, -0.2) is 37.8 Å². The molecule has 0 saturated carbocycles. The lowest BCUT2D eigenvalue weighted by Gasteiger charge is -2.19. The Kier molecular flexibility index (Phi) is 11.0. The smallest absolute Gasteiger partial charge is 0.252 e. The molecule has 1 amide bonds. The zero-order valence-electron chi connectivity index (χ0n) is 30.7. The number of anilines is 1. The fraction of sp³-hybridized carbons (Fsp3) is 0.0465. The Morgan fingerprint density at radius 1 is 0.712 bits per heavy atom. The maximum Gasteiger partial charge on any atom is 0.252 e. The predicted molar refractivity (Wildman–Crippen MR) is 222 cm³/mol. The number of rotatable bonds is 13. The molecular formula is C43H32ClN9O6. The van der Waals surface area contributed by atoms with Crippen LogP contribution in [-0.2, 0) is 11.3 Å². The van der Waals surface area contributed by atoms with Crippen LogP contribution in [0.15, 0.2) is 158 Å². The number of azo groups is 2. The number of hydrogen-bond acceptors (Lipinski definition) is 14. The standard InChI is InChI=1S/C43H32ClN9O6/c44-34-11-5-6-12-35(34)53-59-36(52-57)23-28-21-26-7-1-3-9-31(26)37(39(28)54)48-46-29-17-13-24(14-18-29)42-50-51-43(58-42)25-15-19-30(20-16-25)47-49-38-32-10-4-2-8-27(32)22-33(40(38)55)41(45)56/h1-22,36,52-55,57H,23H2,(H2,45,56). The second-order valence-electron chi connectivity index (χ2n) is 13.1. The summed E-state index contributed by atoms with van der Waals surface area (Å²) in [5.41, 5.74) is 13.8. The monoisotopic (exact) mass is 805 g/mol. The molecule has 7 N–H and O–H groups in total. The van der Waals surface area contributed by atoms with E-state index in [1.165, 1.54) is 6.07 Å². The van der Waals surface area contributed by atoms with Crippen molar-refractivity contribution in [3.63, 3.8) is 0 Å². The third kappa shape index (κ3) is 8.30. The van der Waals surface area contributed by atoms with Crippen LogP contribution in [0.3, 0.4) is 0 Å². The minimum Gasteiger partial charge on any atom is -0.505 e. The van der Waals surface area contributed by atoms with Gasteiger partial charge in [-0.1, -0.05) is 72.3 Å². The lowest BCUT2D eigenvalue weighted by molar-refractivity contribution is -0.0281. The number of carbonyl (C=O) groups is 1. The number of nitrogens with one attached hydrogen (secondary N) is 2. The second-order valence-corrected chi connectivity index (χ2v) is 13.5. The van der Waals surface area contributed by atoms with Crippen molar-refractivity contribution in [3.05, 3.63) is 150 Å². The van der Waals surface area contributed by atoms with Crippen molar-refractivity contribution in [2.75, 3.05) is 5.48 Å². The average molecular weight is 806 g/mol. The highest BCUT2D eigenvalue weighted by Gasteiger charge is 2.19. The van der Waals surface area contributed by atoms with Gasteiger partial charge in [-0.05, 0) is 83.6 Å². The number of carbonyl (C=O) groups excluding carboxylic acids is 1. The molecule has 8 aromatic rings. The molecule has 7 aromatic carbocycles. The molecule has 0 saturated heterocycles. The van der Waals surface area contributed by atoms with Gasteiger partial charge in [0.05, 0.1) is 27.6 Å². The Balaban J connectivity index is 0.964. The fourth-order valence-corrected chi connectivity index (χ4v) is 6.42. The molecular weight excluding hydrogens is 774 g/mol. The summed E-state index contributed by atoms with van der Waals surface area (Å²) >= 11 is 6.20. The first-order chi connectivity index (χ1) is 28.7. The minimum absolute atomic E-state index is 0.0480. The van der Waals surface area contributed by atoms with E-state index in [2.05, 4.69) is 41.6 Å². The van der Waals surface area contributed by atoms with Crippen LogP contribution in [0.2, 0.25) is 5.02 Å². The van der Waals surface area contributed by atoms with E-state index in [-0.39, 0.29) is 46.6 Å². The van der Waals surface area contributed by atoms with E-state index in [0.29, 0.717) is 54.9 Å². The van der Waals surface area contributed by atoms with E-state index in [9.17, 15) is 20.2 Å². The Bertz CT molecular complexity index is 2880. The number of fused-ring (bicyclic) bond motifs is 2. The van der Waals surface area contributed by atoms with Gasteiger partial charge in [-0.15, -0.1) is 20.4 Å². The summed E-state index contributed by atoms with van der Waals surface area (Å²) < 4.78 is 5.98. The number of nitrogens with two attached hydrogens (primary N) is 1. The first kappa shape index (κ1) is 38.3. The summed E-state index contributed by atoms with van der Waals surface area (Å²) in [4.78, 5) is 17.5. The summed E-state index contributed by atoms with van der Waals surface area (Å²) in [6, 6.07) is 38.7. The van der Waals surface area contributed by atoms with Gasteiger partial charge < -0.3 is 25.6 Å². The minimum atomic E-state index is -0.963. The van der Waals surface area contributed by atoms with Gasteiger partial charge in [0.25, 0.3) is 5.91 Å². The van der Waals surface area contributed by atoms with Crippen molar-refractivity contribution < 1.29 is 29.5 Å². The Hall–Kier alpha value is -7.56. The molecule has 15 nitrogen and oxygen atoms in total. The van der Waals surface area contributed by atoms with Crippen molar-refractivity contribution >= 4 is 67.5 Å². The molecule has 1 atom stereocenters. The van der Waals surface area contributed by atoms with E-state index in [4.69, 9.17) is 26.6 Å². The number of benzene rings is 7. The van der Waals surface area contributed by atoms with Crippen molar-refractivity contribution in [1.82, 2.24) is 15.7 Å². The summed E-state index contributed by atoms with van der Waals surface area (Å²) in [7, 11) is 0. The average Bonchev–Trinajstić information content (AvgIpc) is 3.76. The maximum atomic E-state index is 11.9. The fourth-order valence-electron chi connectivity index (χ4n) is 6.24. The molecule has 0 aliphatic carbocycles.